The first-order chi connectivity index (χ1) is 9.13. The Labute approximate surface area is 116 Å². The molecule has 2 unspecified atom stereocenters. The van der Waals surface area contributed by atoms with Gasteiger partial charge in [0.25, 0.3) is 5.78 Å². The number of rotatable bonds is 2. The van der Waals surface area contributed by atoms with Crippen molar-refractivity contribution in [3.8, 4) is 0 Å². The lowest BCUT2D eigenvalue weighted by Crippen LogP contribution is -2.43. The van der Waals surface area contributed by atoms with Gasteiger partial charge in [-0.05, 0) is 25.9 Å². The lowest BCUT2D eigenvalue weighted by molar-refractivity contribution is 0.206. The zero-order valence-corrected chi connectivity index (χ0v) is 11.8. The third-order valence-corrected chi connectivity index (χ3v) is 3.86. The van der Waals surface area contributed by atoms with E-state index in [4.69, 9.17) is 11.6 Å². The summed E-state index contributed by atoms with van der Waals surface area (Å²) in [6.07, 6.45) is 2.59. The second kappa shape index (κ2) is 4.94. The minimum atomic E-state index is 0.419. The van der Waals surface area contributed by atoms with E-state index in [1.165, 1.54) is 6.33 Å². The van der Waals surface area contributed by atoms with Crippen molar-refractivity contribution in [2.45, 2.75) is 19.4 Å². The molecular weight excluding hydrogens is 264 g/mol. The fourth-order valence-electron chi connectivity index (χ4n) is 2.64. The molecular formula is C12H17ClN6. The van der Waals surface area contributed by atoms with E-state index in [9.17, 15) is 0 Å². The monoisotopic (exact) mass is 280 g/mol. The molecule has 0 aromatic carbocycles. The van der Waals surface area contributed by atoms with Crippen molar-refractivity contribution in [2.24, 2.45) is 5.92 Å². The fourth-order valence-corrected chi connectivity index (χ4v) is 2.82. The molecule has 0 spiro atoms. The molecule has 3 heterocycles. The van der Waals surface area contributed by atoms with E-state index in [0.29, 0.717) is 22.9 Å². The molecule has 1 aliphatic rings. The number of nitrogens with zero attached hydrogens (tertiary/aromatic N) is 5. The highest BCUT2D eigenvalue weighted by molar-refractivity contribution is 6.29. The maximum Gasteiger partial charge on any atom is 0.255 e. The van der Waals surface area contributed by atoms with E-state index < -0.39 is 0 Å². The Morgan fingerprint density at radius 1 is 1.47 bits per heavy atom. The van der Waals surface area contributed by atoms with Gasteiger partial charge in [-0.2, -0.15) is 19.6 Å². The van der Waals surface area contributed by atoms with Crippen molar-refractivity contribution in [1.82, 2.24) is 24.5 Å². The second-order valence-electron chi connectivity index (χ2n) is 5.21. The summed E-state index contributed by atoms with van der Waals surface area (Å²) in [7, 11) is 2.16. The first kappa shape index (κ1) is 12.6. The predicted octanol–water partition coefficient (Wildman–Crippen LogP) is 1.53. The zero-order valence-electron chi connectivity index (χ0n) is 11.0. The van der Waals surface area contributed by atoms with Crippen LogP contribution in [0, 0.1) is 5.92 Å². The summed E-state index contributed by atoms with van der Waals surface area (Å²) in [5, 5.41) is 8.14. The first-order valence-corrected chi connectivity index (χ1v) is 6.82. The highest BCUT2D eigenvalue weighted by atomic mass is 35.5. The molecule has 0 aliphatic carbocycles. The normalized spacial score (nSPS) is 24.8. The van der Waals surface area contributed by atoms with Crippen LogP contribution in [0.15, 0.2) is 12.4 Å². The SMILES string of the molecule is CC1CN(C)CCC1Nc1cc(Cl)nc2ncnn12. The van der Waals surface area contributed by atoms with Gasteiger partial charge >= 0.3 is 0 Å². The molecule has 2 aromatic heterocycles. The summed E-state index contributed by atoms with van der Waals surface area (Å²) >= 11 is 6.02. The van der Waals surface area contributed by atoms with Gasteiger partial charge in [0, 0.05) is 18.7 Å². The molecule has 102 valence electrons. The smallest absolute Gasteiger partial charge is 0.255 e. The summed E-state index contributed by atoms with van der Waals surface area (Å²) in [6, 6.07) is 2.22. The molecule has 1 fully saturated rings. The van der Waals surface area contributed by atoms with Crippen LogP contribution >= 0.6 is 11.6 Å². The van der Waals surface area contributed by atoms with E-state index >= 15 is 0 Å². The maximum atomic E-state index is 6.02. The molecule has 0 saturated carbocycles. The van der Waals surface area contributed by atoms with Gasteiger partial charge in [0.05, 0.1) is 0 Å². The van der Waals surface area contributed by atoms with Crippen LogP contribution in [0.4, 0.5) is 5.82 Å². The van der Waals surface area contributed by atoms with E-state index in [0.717, 1.165) is 25.3 Å². The van der Waals surface area contributed by atoms with Crippen molar-refractivity contribution in [3.05, 3.63) is 17.5 Å². The molecule has 2 aromatic rings. The minimum Gasteiger partial charge on any atom is -0.367 e. The van der Waals surface area contributed by atoms with E-state index in [1.54, 1.807) is 10.6 Å². The van der Waals surface area contributed by atoms with Gasteiger partial charge in [0.2, 0.25) is 0 Å². The van der Waals surface area contributed by atoms with Crippen molar-refractivity contribution in [2.75, 3.05) is 25.5 Å². The number of hydrogen-bond acceptors (Lipinski definition) is 5. The molecule has 3 rings (SSSR count). The van der Waals surface area contributed by atoms with Crippen LogP contribution in [0.25, 0.3) is 5.78 Å². The highest BCUT2D eigenvalue weighted by Gasteiger charge is 2.24. The van der Waals surface area contributed by atoms with Crippen LogP contribution in [-0.4, -0.2) is 50.7 Å². The van der Waals surface area contributed by atoms with Crippen LogP contribution in [0.2, 0.25) is 5.15 Å². The van der Waals surface area contributed by atoms with E-state index in [2.05, 4.69) is 39.3 Å². The van der Waals surface area contributed by atoms with Crippen molar-refractivity contribution < 1.29 is 0 Å². The van der Waals surface area contributed by atoms with Crippen LogP contribution in [0.5, 0.6) is 0 Å². The van der Waals surface area contributed by atoms with Gasteiger partial charge in [-0.3, -0.25) is 0 Å². The topological polar surface area (TPSA) is 58.3 Å². The van der Waals surface area contributed by atoms with Gasteiger partial charge in [0.15, 0.2) is 0 Å². The van der Waals surface area contributed by atoms with Crippen LogP contribution in [0.3, 0.4) is 0 Å². The Balaban J connectivity index is 1.86. The second-order valence-corrected chi connectivity index (χ2v) is 5.60. The van der Waals surface area contributed by atoms with E-state index in [1.807, 2.05) is 0 Å². The molecule has 0 amide bonds. The van der Waals surface area contributed by atoms with Crippen LogP contribution < -0.4 is 5.32 Å². The average Bonchev–Trinajstić information content (AvgIpc) is 2.80. The Morgan fingerprint density at radius 2 is 2.32 bits per heavy atom. The number of halogens is 1. The minimum absolute atomic E-state index is 0.419. The molecule has 2 atom stereocenters. The third kappa shape index (κ3) is 2.50. The van der Waals surface area contributed by atoms with Gasteiger partial charge in [-0.1, -0.05) is 18.5 Å². The Hall–Kier alpha value is -1.40. The van der Waals surface area contributed by atoms with E-state index in [-0.39, 0.29) is 0 Å². The number of aromatic nitrogens is 4. The lowest BCUT2D eigenvalue weighted by Gasteiger charge is -2.35. The predicted molar refractivity (Wildman–Crippen MR) is 74.5 cm³/mol. The standard InChI is InChI=1S/C12H17ClN6/c1-8-6-18(2)4-3-9(8)16-11-5-10(13)17-12-14-7-15-19(11)12/h5,7-9,16H,3-4,6H2,1-2H3. The average molecular weight is 281 g/mol. The van der Waals surface area contributed by atoms with Gasteiger partial charge in [-0.25, -0.2) is 0 Å². The largest absolute Gasteiger partial charge is 0.367 e. The van der Waals surface area contributed by atoms with Gasteiger partial charge < -0.3 is 10.2 Å². The van der Waals surface area contributed by atoms with Crippen LogP contribution in [0.1, 0.15) is 13.3 Å². The molecule has 19 heavy (non-hydrogen) atoms. The number of anilines is 1. The maximum absolute atomic E-state index is 6.02. The summed E-state index contributed by atoms with van der Waals surface area (Å²) < 4.78 is 1.69. The number of fused-ring (bicyclic) bond motifs is 1. The molecule has 1 aliphatic heterocycles. The van der Waals surface area contributed by atoms with Gasteiger partial charge in [0.1, 0.15) is 17.3 Å². The Morgan fingerprint density at radius 3 is 3.11 bits per heavy atom. The summed E-state index contributed by atoms with van der Waals surface area (Å²) in [6.45, 7) is 4.45. The molecule has 1 N–H and O–H groups in total. The quantitative estimate of drug-likeness (QED) is 0.846. The Kier molecular flexibility index (Phi) is 3.28. The zero-order chi connectivity index (χ0) is 13.4. The summed E-state index contributed by atoms with van der Waals surface area (Å²) in [5.41, 5.74) is 0. The van der Waals surface area contributed by atoms with Crippen LogP contribution in [-0.2, 0) is 0 Å². The number of hydrogen-bond donors (Lipinski definition) is 1. The van der Waals surface area contributed by atoms with Crippen molar-refractivity contribution >= 4 is 23.2 Å². The molecule has 6 nitrogen and oxygen atoms in total. The molecule has 0 radical (unpaired) electrons. The molecule has 0 bridgehead atoms. The number of piperidine rings is 1. The molecule has 1 saturated heterocycles. The highest BCUT2D eigenvalue weighted by Crippen LogP contribution is 2.22. The summed E-state index contributed by atoms with van der Waals surface area (Å²) in [5.74, 6) is 1.95. The first-order valence-electron chi connectivity index (χ1n) is 6.45. The summed E-state index contributed by atoms with van der Waals surface area (Å²) in [4.78, 5) is 10.6. The van der Waals surface area contributed by atoms with Crippen molar-refractivity contribution in [3.63, 3.8) is 0 Å². The number of likely N-dealkylation sites (tertiary alicyclic amines) is 1. The van der Waals surface area contributed by atoms with Crippen molar-refractivity contribution in [1.29, 1.82) is 0 Å². The third-order valence-electron chi connectivity index (χ3n) is 3.66. The Bertz CT molecular complexity index is 583. The van der Waals surface area contributed by atoms with Gasteiger partial charge in [-0.15, -0.1) is 0 Å². The molecule has 7 heteroatoms. The number of nitrogens with one attached hydrogen (secondary N) is 1. The fraction of sp³-hybridized carbons (Fsp3) is 0.583. The lowest BCUT2D eigenvalue weighted by atomic mass is 9.94.